The number of aryl methyl sites for hydroxylation is 1. The van der Waals surface area contributed by atoms with Crippen LogP contribution in [0.15, 0.2) is 42.7 Å². The fourth-order valence-electron chi connectivity index (χ4n) is 4.49. The highest BCUT2D eigenvalue weighted by molar-refractivity contribution is 5.92. The Morgan fingerprint density at radius 3 is 2.89 bits per heavy atom. The van der Waals surface area contributed by atoms with Crippen LogP contribution in [0, 0.1) is 0 Å². The number of aromatic nitrogens is 5. The van der Waals surface area contributed by atoms with Crippen LogP contribution in [0.5, 0.6) is 0 Å². The van der Waals surface area contributed by atoms with Gasteiger partial charge in [0.25, 0.3) is 5.91 Å². The predicted octanol–water partition coefficient (Wildman–Crippen LogP) is 1.76. The van der Waals surface area contributed by atoms with Crippen molar-refractivity contribution >= 4 is 11.9 Å². The van der Waals surface area contributed by atoms with Crippen LogP contribution in [0.3, 0.4) is 0 Å². The molecule has 1 saturated heterocycles. The van der Waals surface area contributed by atoms with Gasteiger partial charge in [0.1, 0.15) is 0 Å². The number of nitrogens with two attached hydrogens (primary N) is 1. The van der Waals surface area contributed by atoms with E-state index in [0.717, 1.165) is 42.6 Å². The number of nitrogen functional groups attached to an aromatic ring is 1. The van der Waals surface area contributed by atoms with Gasteiger partial charge in [-0.05, 0) is 43.4 Å². The summed E-state index contributed by atoms with van der Waals surface area (Å²) in [6.45, 7) is 1.35. The molecule has 5 rings (SSSR count). The summed E-state index contributed by atoms with van der Waals surface area (Å²) in [7, 11) is 0. The second-order valence-electron chi connectivity index (χ2n) is 7.60. The van der Waals surface area contributed by atoms with E-state index in [1.54, 1.807) is 10.9 Å². The zero-order valence-corrected chi connectivity index (χ0v) is 15.5. The molecular formula is C20H21N7O. The minimum atomic E-state index is -0.129. The monoisotopic (exact) mass is 375 g/mol. The third kappa shape index (κ3) is 2.72. The van der Waals surface area contributed by atoms with Crippen molar-refractivity contribution in [3.05, 3.63) is 59.7 Å². The Labute approximate surface area is 162 Å². The van der Waals surface area contributed by atoms with Gasteiger partial charge in [0.2, 0.25) is 5.95 Å². The largest absolute Gasteiger partial charge is 0.368 e. The Morgan fingerprint density at radius 1 is 1.18 bits per heavy atom. The smallest absolute Gasteiger partial charge is 0.276 e. The number of hydrogen-bond acceptors (Lipinski definition) is 6. The van der Waals surface area contributed by atoms with Gasteiger partial charge >= 0.3 is 0 Å². The van der Waals surface area contributed by atoms with Crippen molar-refractivity contribution in [1.82, 2.24) is 29.9 Å². The molecule has 1 aromatic carbocycles. The maximum atomic E-state index is 13.1. The van der Waals surface area contributed by atoms with Gasteiger partial charge in [0.05, 0.1) is 17.6 Å². The van der Waals surface area contributed by atoms with Crippen molar-refractivity contribution in [1.29, 1.82) is 0 Å². The normalized spacial score (nSPS) is 21.1. The maximum Gasteiger partial charge on any atom is 0.276 e. The van der Waals surface area contributed by atoms with Crippen LogP contribution in [-0.2, 0) is 11.8 Å². The zero-order valence-electron chi connectivity index (χ0n) is 15.5. The van der Waals surface area contributed by atoms with E-state index in [-0.39, 0.29) is 11.3 Å². The number of benzene rings is 1. The molecule has 2 aliphatic rings. The van der Waals surface area contributed by atoms with E-state index in [2.05, 4.69) is 20.3 Å². The molecule has 1 aliphatic heterocycles. The minimum Gasteiger partial charge on any atom is -0.368 e. The van der Waals surface area contributed by atoms with Gasteiger partial charge in [-0.15, -0.1) is 5.10 Å². The number of carbonyl (C=O) groups is 1. The lowest BCUT2D eigenvalue weighted by atomic mass is 9.77. The highest BCUT2D eigenvalue weighted by atomic mass is 16.2. The molecule has 2 N–H and O–H groups in total. The number of anilines is 1. The fraction of sp³-hybridized carbons (Fsp3) is 0.350. The molecule has 1 spiro atoms. The quantitative estimate of drug-likeness (QED) is 0.732. The molecule has 0 radical (unpaired) electrons. The summed E-state index contributed by atoms with van der Waals surface area (Å²) in [6.07, 6.45) is 7.38. The second-order valence-corrected chi connectivity index (χ2v) is 7.60. The van der Waals surface area contributed by atoms with Gasteiger partial charge in [0.15, 0.2) is 5.69 Å². The summed E-state index contributed by atoms with van der Waals surface area (Å²) in [5.41, 5.74) is 9.12. The van der Waals surface area contributed by atoms with Crippen LogP contribution < -0.4 is 5.73 Å². The molecule has 142 valence electrons. The lowest BCUT2D eigenvalue weighted by Gasteiger charge is -2.40. The average Bonchev–Trinajstić information content (AvgIpc) is 3.35. The summed E-state index contributed by atoms with van der Waals surface area (Å²) in [4.78, 5) is 23.7. The average molecular weight is 375 g/mol. The first-order valence-electron chi connectivity index (χ1n) is 9.54. The Bertz CT molecular complexity index is 1030. The van der Waals surface area contributed by atoms with E-state index in [1.807, 2.05) is 41.4 Å². The van der Waals surface area contributed by atoms with Crippen molar-refractivity contribution in [3.8, 4) is 5.69 Å². The molecule has 1 aliphatic carbocycles. The van der Waals surface area contributed by atoms with Crippen LogP contribution in [0.4, 0.5) is 5.95 Å². The molecule has 3 heterocycles. The first-order valence-corrected chi connectivity index (χ1v) is 9.54. The fourth-order valence-corrected chi connectivity index (χ4v) is 4.49. The molecule has 3 aromatic rings. The van der Waals surface area contributed by atoms with E-state index in [9.17, 15) is 4.79 Å². The summed E-state index contributed by atoms with van der Waals surface area (Å²) < 4.78 is 1.63. The lowest BCUT2D eigenvalue weighted by Crippen LogP contribution is -2.48. The van der Waals surface area contributed by atoms with Crippen molar-refractivity contribution in [3.63, 3.8) is 0 Å². The van der Waals surface area contributed by atoms with Crippen molar-refractivity contribution in [2.45, 2.75) is 31.1 Å². The molecule has 8 nitrogen and oxygen atoms in total. The van der Waals surface area contributed by atoms with E-state index in [0.29, 0.717) is 24.7 Å². The van der Waals surface area contributed by atoms with Gasteiger partial charge in [-0.3, -0.25) is 4.79 Å². The van der Waals surface area contributed by atoms with Crippen LogP contribution in [0.2, 0.25) is 0 Å². The zero-order chi connectivity index (χ0) is 19.1. The molecule has 1 fully saturated rings. The number of amides is 1. The van der Waals surface area contributed by atoms with Crippen LogP contribution in [0.1, 0.15) is 41.0 Å². The van der Waals surface area contributed by atoms with E-state index < -0.39 is 0 Å². The number of rotatable bonds is 2. The molecule has 0 bridgehead atoms. The van der Waals surface area contributed by atoms with Gasteiger partial charge in [-0.2, -0.15) is 0 Å². The standard InChI is InChI=1S/C20H21N7O/c21-19-22-11-14-7-9-20(17(14)23-19)8-4-10-26(13-20)18(28)16-12-27(25-24-16)15-5-2-1-3-6-15/h1-3,5-6,11-12H,4,7-10,13H2,(H2,21,22,23). The van der Waals surface area contributed by atoms with Gasteiger partial charge in [0, 0.05) is 24.7 Å². The SMILES string of the molecule is Nc1ncc2c(n1)C1(CCCN(C(=O)c3cn(-c4ccccc4)nn3)C1)CC2. The summed E-state index contributed by atoms with van der Waals surface area (Å²) in [6, 6.07) is 9.65. The number of para-hydroxylation sites is 1. The number of carbonyl (C=O) groups excluding carboxylic acids is 1. The van der Waals surface area contributed by atoms with Crippen LogP contribution in [0.25, 0.3) is 5.69 Å². The van der Waals surface area contributed by atoms with Crippen LogP contribution >= 0.6 is 0 Å². The third-order valence-electron chi connectivity index (χ3n) is 5.86. The number of nitrogens with zero attached hydrogens (tertiary/aromatic N) is 6. The molecule has 0 saturated carbocycles. The first kappa shape index (κ1) is 16.9. The van der Waals surface area contributed by atoms with E-state index >= 15 is 0 Å². The molecule has 2 aromatic heterocycles. The Morgan fingerprint density at radius 2 is 2.04 bits per heavy atom. The number of piperidine rings is 1. The molecule has 8 heteroatoms. The van der Waals surface area contributed by atoms with Gasteiger partial charge in [-0.25, -0.2) is 14.6 Å². The van der Waals surface area contributed by atoms with Crippen molar-refractivity contribution in [2.75, 3.05) is 18.8 Å². The molecule has 28 heavy (non-hydrogen) atoms. The van der Waals surface area contributed by atoms with Gasteiger partial charge in [-0.1, -0.05) is 23.4 Å². The van der Waals surface area contributed by atoms with E-state index in [1.165, 1.54) is 0 Å². The predicted molar refractivity (Wildman–Crippen MR) is 103 cm³/mol. The summed E-state index contributed by atoms with van der Waals surface area (Å²) in [5.74, 6) is 0.214. The van der Waals surface area contributed by atoms with Crippen molar-refractivity contribution < 1.29 is 4.79 Å². The Kier molecular flexibility index (Phi) is 3.85. The lowest BCUT2D eigenvalue weighted by molar-refractivity contribution is 0.0627. The number of fused-ring (bicyclic) bond motifs is 2. The second kappa shape index (κ2) is 6.40. The summed E-state index contributed by atoms with van der Waals surface area (Å²) in [5, 5.41) is 8.24. The molecule has 1 atom stereocenters. The maximum absolute atomic E-state index is 13.1. The Balaban J connectivity index is 1.40. The highest BCUT2D eigenvalue weighted by Crippen LogP contribution is 2.44. The topological polar surface area (TPSA) is 103 Å². The first-order chi connectivity index (χ1) is 13.6. The van der Waals surface area contributed by atoms with Crippen LogP contribution in [-0.4, -0.2) is 48.9 Å². The number of likely N-dealkylation sites (tertiary alicyclic amines) is 1. The minimum absolute atomic E-state index is 0.0864. The molecule has 1 unspecified atom stereocenters. The molecule has 1 amide bonds. The van der Waals surface area contributed by atoms with Gasteiger partial charge < -0.3 is 10.6 Å². The van der Waals surface area contributed by atoms with E-state index in [4.69, 9.17) is 5.73 Å². The third-order valence-corrected chi connectivity index (χ3v) is 5.86. The Hall–Kier alpha value is -3.29. The highest BCUT2D eigenvalue weighted by Gasteiger charge is 2.45. The number of hydrogen-bond donors (Lipinski definition) is 1. The molecular weight excluding hydrogens is 354 g/mol. The van der Waals surface area contributed by atoms with Crippen molar-refractivity contribution in [2.24, 2.45) is 0 Å². The summed E-state index contributed by atoms with van der Waals surface area (Å²) >= 11 is 0.